The highest BCUT2D eigenvalue weighted by Crippen LogP contribution is 2.44. The van der Waals surface area contributed by atoms with Gasteiger partial charge in [0.05, 0.1) is 6.54 Å². The average Bonchev–Trinajstić information content (AvgIpc) is 3.00. The molecule has 5 heteroatoms. The van der Waals surface area contributed by atoms with E-state index in [9.17, 15) is 9.59 Å². The maximum absolute atomic E-state index is 12.2. The van der Waals surface area contributed by atoms with Gasteiger partial charge in [0.1, 0.15) is 6.54 Å². The quantitative estimate of drug-likeness (QED) is 0.868. The Hall–Kier alpha value is -1.88. The molecule has 21 heavy (non-hydrogen) atoms. The number of amides is 2. The van der Waals surface area contributed by atoms with Crippen LogP contribution in [0.15, 0.2) is 24.3 Å². The van der Waals surface area contributed by atoms with Crippen molar-refractivity contribution in [2.24, 2.45) is 5.73 Å². The van der Waals surface area contributed by atoms with E-state index in [1.807, 2.05) is 18.2 Å². The van der Waals surface area contributed by atoms with E-state index >= 15 is 0 Å². The number of carbonyl (C=O) groups is 2. The molecule has 3 rings (SSSR count). The molecule has 2 aliphatic rings. The van der Waals surface area contributed by atoms with E-state index in [0.717, 1.165) is 24.1 Å². The van der Waals surface area contributed by atoms with Gasteiger partial charge < -0.3 is 16.0 Å². The Balaban J connectivity index is 2.03. The summed E-state index contributed by atoms with van der Waals surface area (Å²) < 4.78 is 0. The second-order valence-corrected chi connectivity index (χ2v) is 5.97. The summed E-state index contributed by atoms with van der Waals surface area (Å²) in [4.78, 5) is 25.4. The molecule has 1 aliphatic heterocycles. The zero-order valence-corrected chi connectivity index (χ0v) is 12.1. The maximum atomic E-state index is 12.2. The number of carbonyl (C=O) groups excluding carboxylic acids is 2. The molecule has 1 saturated carbocycles. The van der Waals surface area contributed by atoms with Crippen LogP contribution in [0.1, 0.15) is 31.2 Å². The molecule has 1 aliphatic carbocycles. The van der Waals surface area contributed by atoms with Crippen molar-refractivity contribution in [3.05, 3.63) is 29.8 Å². The van der Waals surface area contributed by atoms with Crippen LogP contribution in [0.4, 0.5) is 5.69 Å². The molecule has 0 unspecified atom stereocenters. The van der Waals surface area contributed by atoms with Crippen molar-refractivity contribution in [3.8, 4) is 0 Å². The normalized spacial score (nSPS) is 21.5. The van der Waals surface area contributed by atoms with Crippen LogP contribution in [0.25, 0.3) is 0 Å². The van der Waals surface area contributed by atoms with Crippen LogP contribution in [0.5, 0.6) is 0 Å². The molecule has 2 amide bonds. The molecular formula is C16H21N3O2. The monoisotopic (exact) mass is 287 g/mol. The first kappa shape index (κ1) is 14.1. The van der Waals surface area contributed by atoms with Crippen LogP contribution in [-0.4, -0.2) is 31.4 Å². The molecule has 1 heterocycles. The van der Waals surface area contributed by atoms with E-state index < -0.39 is 0 Å². The van der Waals surface area contributed by atoms with Gasteiger partial charge in [-0.15, -0.1) is 0 Å². The lowest BCUT2D eigenvalue weighted by Gasteiger charge is -2.35. The Morgan fingerprint density at radius 1 is 1.19 bits per heavy atom. The molecular weight excluding hydrogens is 266 g/mol. The SMILES string of the molecule is NCC1(c2ccccc2N2CC(=O)NCC2=O)CCCC1. The standard InChI is InChI=1S/C16H21N3O2/c17-11-16(7-3-4-8-16)12-5-1-2-6-13(12)19-10-14(20)18-9-15(19)21/h1-2,5-6H,3-4,7-11,17H2,(H,18,20). The van der Waals surface area contributed by atoms with Crippen molar-refractivity contribution in [1.29, 1.82) is 0 Å². The third kappa shape index (κ3) is 2.42. The predicted molar refractivity (Wildman–Crippen MR) is 81.0 cm³/mol. The number of para-hydroxylation sites is 1. The van der Waals surface area contributed by atoms with Gasteiger partial charge in [-0.25, -0.2) is 0 Å². The lowest BCUT2D eigenvalue weighted by atomic mass is 9.78. The number of nitrogens with one attached hydrogen (secondary N) is 1. The number of hydrogen-bond donors (Lipinski definition) is 2. The molecule has 0 spiro atoms. The maximum Gasteiger partial charge on any atom is 0.246 e. The van der Waals surface area contributed by atoms with Gasteiger partial charge in [-0.1, -0.05) is 31.0 Å². The van der Waals surface area contributed by atoms with Crippen molar-refractivity contribution in [3.63, 3.8) is 0 Å². The molecule has 5 nitrogen and oxygen atoms in total. The third-order valence-electron chi connectivity index (χ3n) is 4.76. The fourth-order valence-electron chi connectivity index (χ4n) is 3.57. The van der Waals surface area contributed by atoms with Gasteiger partial charge in [-0.3, -0.25) is 9.59 Å². The fraction of sp³-hybridized carbons (Fsp3) is 0.500. The number of piperazine rings is 1. The van der Waals surface area contributed by atoms with E-state index in [1.165, 1.54) is 12.8 Å². The van der Waals surface area contributed by atoms with Crippen molar-refractivity contribution in [2.45, 2.75) is 31.1 Å². The first-order valence-electron chi connectivity index (χ1n) is 7.53. The fourth-order valence-corrected chi connectivity index (χ4v) is 3.57. The van der Waals surface area contributed by atoms with Gasteiger partial charge in [0, 0.05) is 17.6 Å². The van der Waals surface area contributed by atoms with Gasteiger partial charge in [-0.05, 0) is 24.5 Å². The Kier molecular flexibility index (Phi) is 3.68. The van der Waals surface area contributed by atoms with E-state index in [0.29, 0.717) is 6.54 Å². The molecule has 0 aromatic heterocycles. The third-order valence-corrected chi connectivity index (χ3v) is 4.76. The van der Waals surface area contributed by atoms with Crippen LogP contribution in [0, 0.1) is 0 Å². The number of nitrogens with zero attached hydrogens (tertiary/aromatic N) is 1. The molecule has 2 fully saturated rings. The average molecular weight is 287 g/mol. The molecule has 0 radical (unpaired) electrons. The topological polar surface area (TPSA) is 75.4 Å². The van der Waals surface area contributed by atoms with Crippen LogP contribution in [0.3, 0.4) is 0 Å². The highest BCUT2D eigenvalue weighted by Gasteiger charge is 2.38. The number of nitrogens with two attached hydrogens (primary N) is 1. The Labute approximate surface area is 124 Å². The van der Waals surface area contributed by atoms with Crippen molar-refractivity contribution >= 4 is 17.5 Å². The largest absolute Gasteiger partial charge is 0.345 e. The van der Waals surface area contributed by atoms with Crippen LogP contribution in [0.2, 0.25) is 0 Å². The lowest BCUT2D eigenvalue weighted by molar-refractivity contribution is -0.128. The zero-order chi connectivity index (χ0) is 14.9. The van der Waals surface area contributed by atoms with E-state index in [2.05, 4.69) is 11.4 Å². The van der Waals surface area contributed by atoms with Crippen LogP contribution in [-0.2, 0) is 15.0 Å². The lowest BCUT2D eigenvalue weighted by Crippen LogP contribution is -2.52. The summed E-state index contributed by atoms with van der Waals surface area (Å²) in [6.45, 7) is 0.748. The minimum atomic E-state index is -0.113. The smallest absolute Gasteiger partial charge is 0.246 e. The Morgan fingerprint density at radius 2 is 1.90 bits per heavy atom. The summed E-state index contributed by atoms with van der Waals surface area (Å²) in [6.07, 6.45) is 4.43. The number of rotatable bonds is 3. The first-order valence-corrected chi connectivity index (χ1v) is 7.53. The second kappa shape index (κ2) is 5.48. The van der Waals surface area contributed by atoms with Gasteiger partial charge in [0.25, 0.3) is 0 Å². The van der Waals surface area contributed by atoms with Crippen LogP contribution < -0.4 is 16.0 Å². The van der Waals surface area contributed by atoms with Crippen LogP contribution >= 0.6 is 0 Å². The summed E-state index contributed by atoms with van der Waals surface area (Å²) in [6, 6.07) is 7.90. The molecule has 1 aromatic carbocycles. The van der Waals surface area contributed by atoms with Crippen molar-refractivity contribution < 1.29 is 9.59 Å². The zero-order valence-electron chi connectivity index (χ0n) is 12.1. The molecule has 0 atom stereocenters. The number of anilines is 1. The molecule has 0 bridgehead atoms. The van der Waals surface area contributed by atoms with Gasteiger partial charge in [0.15, 0.2) is 0 Å². The summed E-state index contributed by atoms with van der Waals surface area (Å²) in [7, 11) is 0. The van der Waals surface area contributed by atoms with E-state index in [1.54, 1.807) is 4.90 Å². The molecule has 1 aromatic rings. The molecule has 112 valence electrons. The minimum Gasteiger partial charge on any atom is -0.345 e. The van der Waals surface area contributed by atoms with E-state index in [-0.39, 0.29) is 30.3 Å². The number of benzene rings is 1. The number of hydrogen-bond acceptors (Lipinski definition) is 3. The highest BCUT2D eigenvalue weighted by molar-refractivity contribution is 6.05. The van der Waals surface area contributed by atoms with Gasteiger partial charge in [-0.2, -0.15) is 0 Å². The second-order valence-electron chi connectivity index (χ2n) is 5.97. The molecule has 3 N–H and O–H groups in total. The predicted octanol–water partition coefficient (Wildman–Crippen LogP) is 0.920. The van der Waals surface area contributed by atoms with Crippen molar-refractivity contribution in [2.75, 3.05) is 24.5 Å². The van der Waals surface area contributed by atoms with Gasteiger partial charge >= 0.3 is 0 Å². The Morgan fingerprint density at radius 3 is 2.62 bits per heavy atom. The minimum absolute atomic E-state index is 0.0508. The summed E-state index contributed by atoms with van der Waals surface area (Å²) in [5, 5.41) is 2.59. The highest BCUT2D eigenvalue weighted by atomic mass is 16.2. The summed E-state index contributed by atoms with van der Waals surface area (Å²) >= 11 is 0. The molecule has 1 saturated heterocycles. The Bertz CT molecular complexity index is 564. The van der Waals surface area contributed by atoms with Gasteiger partial charge in [0.2, 0.25) is 11.8 Å². The van der Waals surface area contributed by atoms with E-state index in [4.69, 9.17) is 5.73 Å². The first-order chi connectivity index (χ1) is 10.2. The van der Waals surface area contributed by atoms with Crippen molar-refractivity contribution in [1.82, 2.24) is 5.32 Å². The summed E-state index contributed by atoms with van der Waals surface area (Å²) in [5.74, 6) is -0.176. The summed E-state index contributed by atoms with van der Waals surface area (Å²) in [5.41, 5.74) is 8.00.